The summed E-state index contributed by atoms with van der Waals surface area (Å²) in [5.41, 5.74) is 3.26. The molecule has 2 unspecified atom stereocenters. The highest BCUT2D eigenvalue weighted by atomic mass is 16.5. The number of hydrogen-bond donors (Lipinski definition) is 2. The van der Waals surface area contributed by atoms with Crippen molar-refractivity contribution in [1.82, 2.24) is 9.99 Å². The monoisotopic (exact) mass is 359 g/mol. The fourth-order valence-electron chi connectivity index (χ4n) is 3.70. The number of aromatic hydroxyl groups is 2. The van der Waals surface area contributed by atoms with Crippen LogP contribution in [0.5, 0.6) is 17.2 Å². The zero-order valence-corrected chi connectivity index (χ0v) is 14.4. The number of para-hydroxylation sites is 1. The molecule has 0 saturated heterocycles. The lowest BCUT2D eigenvalue weighted by Crippen LogP contribution is -2.33. The molecule has 5 rings (SSSR count). The van der Waals surface area contributed by atoms with Gasteiger partial charge >= 0.3 is 0 Å². The molecule has 0 spiro atoms. The predicted molar refractivity (Wildman–Crippen MR) is 99.6 cm³/mol. The molecule has 27 heavy (non-hydrogen) atoms. The molecule has 134 valence electrons. The minimum Gasteiger partial charge on any atom is -0.508 e. The van der Waals surface area contributed by atoms with Gasteiger partial charge in [-0.05, 0) is 36.4 Å². The molecule has 1 aromatic heterocycles. The van der Waals surface area contributed by atoms with E-state index in [0.717, 1.165) is 16.9 Å². The zero-order valence-electron chi connectivity index (χ0n) is 14.4. The van der Waals surface area contributed by atoms with Gasteiger partial charge in [-0.1, -0.05) is 18.2 Å². The van der Waals surface area contributed by atoms with Gasteiger partial charge in [0.1, 0.15) is 17.2 Å². The standard InChI is InChI=1S/C21H17N3O3/c25-14-5-6-19(26)16(11-14)17-12-18-15-3-1-2-4-20(15)27-21(24(18)23-17)13-7-9-22-10-8-13/h1-11,18,21,25-26H,12H2. The number of phenols is 2. The molecular formula is C21H17N3O3. The van der Waals surface area contributed by atoms with Gasteiger partial charge in [0.05, 0.1) is 11.8 Å². The quantitative estimate of drug-likeness (QED) is 0.682. The Morgan fingerprint density at radius 3 is 2.67 bits per heavy atom. The van der Waals surface area contributed by atoms with E-state index < -0.39 is 0 Å². The Kier molecular flexibility index (Phi) is 3.50. The number of aromatic nitrogens is 1. The van der Waals surface area contributed by atoms with Crippen LogP contribution in [0.4, 0.5) is 0 Å². The van der Waals surface area contributed by atoms with Crippen LogP contribution in [0.25, 0.3) is 0 Å². The van der Waals surface area contributed by atoms with E-state index in [1.54, 1.807) is 18.5 Å². The molecule has 2 atom stereocenters. The first kappa shape index (κ1) is 15.7. The first-order valence-corrected chi connectivity index (χ1v) is 8.74. The van der Waals surface area contributed by atoms with E-state index in [1.165, 1.54) is 12.1 Å². The largest absolute Gasteiger partial charge is 0.508 e. The lowest BCUT2D eigenvalue weighted by molar-refractivity contribution is -0.0190. The number of benzene rings is 2. The Hall–Kier alpha value is -3.54. The second-order valence-electron chi connectivity index (χ2n) is 6.64. The van der Waals surface area contributed by atoms with Gasteiger partial charge in [-0.2, -0.15) is 5.10 Å². The highest BCUT2D eigenvalue weighted by Crippen LogP contribution is 2.47. The van der Waals surface area contributed by atoms with E-state index >= 15 is 0 Å². The van der Waals surface area contributed by atoms with Crippen molar-refractivity contribution in [3.05, 3.63) is 83.7 Å². The first-order chi connectivity index (χ1) is 13.2. The van der Waals surface area contributed by atoms with E-state index in [9.17, 15) is 10.2 Å². The normalized spacial score (nSPS) is 20.4. The molecule has 0 amide bonds. The van der Waals surface area contributed by atoms with Crippen molar-refractivity contribution >= 4 is 5.71 Å². The summed E-state index contributed by atoms with van der Waals surface area (Å²) in [6.07, 6.45) is 3.69. The number of rotatable bonds is 2. The van der Waals surface area contributed by atoms with Gasteiger partial charge in [-0.25, -0.2) is 5.01 Å². The molecule has 0 fully saturated rings. The zero-order chi connectivity index (χ0) is 18.4. The molecule has 0 bridgehead atoms. The summed E-state index contributed by atoms with van der Waals surface area (Å²) in [4.78, 5) is 4.08. The topological polar surface area (TPSA) is 78.2 Å². The van der Waals surface area contributed by atoms with Crippen LogP contribution in [-0.2, 0) is 0 Å². The summed E-state index contributed by atoms with van der Waals surface area (Å²) in [6, 6.07) is 16.2. The minimum atomic E-state index is -0.384. The first-order valence-electron chi connectivity index (χ1n) is 8.74. The van der Waals surface area contributed by atoms with Crippen LogP contribution in [0, 0.1) is 0 Å². The van der Waals surface area contributed by atoms with Gasteiger partial charge in [-0.15, -0.1) is 0 Å². The Labute approximate surface area is 156 Å². The van der Waals surface area contributed by atoms with Crippen LogP contribution in [0.2, 0.25) is 0 Å². The van der Waals surface area contributed by atoms with Gasteiger partial charge in [0.25, 0.3) is 0 Å². The molecule has 0 aliphatic carbocycles. The maximum absolute atomic E-state index is 10.3. The van der Waals surface area contributed by atoms with Gasteiger partial charge in [-0.3, -0.25) is 4.98 Å². The van der Waals surface area contributed by atoms with Crippen molar-refractivity contribution < 1.29 is 14.9 Å². The number of hydrazone groups is 1. The molecule has 6 heteroatoms. The maximum atomic E-state index is 10.3. The van der Waals surface area contributed by atoms with Gasteiger partial charge in [0, 0.05) is 35.5 Å². The molecule has 2 aliphatic rings. The fourth-order valence-corrected chi connectivity index (χ4v) is 3.70. The summed E-state index contributed by atoms with van der Waals surface area (Å²) in [6.45, 7) is 0. The highest BCUT2D eigenvalue weighted by molar-refractivity contribution is 6.04. The highest BCUT2D eigenvalue weighted by Gasteiger charge is 2.41. The van der Waals surface area contributed by atoms with Crippen molar-refractivity contribution in [2.75, 3.05) is 0 Å². The molecule has 2 N–H and O–H groups in total. The average molecular weight is 359 g/mol. The van der Waals surface area contributed by atoms with Gasteiger partial charge < -0.3 is 14.9 Å². The third-order valence-corrected chi connectivity index (χ3v) is 4.98. The Morgan fingerprint density at radius 2 is 1.81 bits per heavy atom. The lowest BCUT2D eigenvalue weighted by Gasteiger charge is -2.38. The van der Waals surface area contributed by atoms with Crippen molar-refractivity contribution in [3.8, 4) is 17.2 Å². The number of hydrogen-bond acceptors (Lipinski definition) is 6. The molecule has 6 nitrogen and oxygen atoms in total. The molecule has 3 heterocycles. The second kappa shape index (κ2) is 6.02. The molecule has 2 aliphatic heterocycles. The summed E-state index contributed by atoms with van der Waals surface area (Å²) in [5, 5.41) is 26.8. The van der Waals surface area contributed by atoms with Crippen LogP contribution >= 0.6 is 0 Å². The van der Waals surface area contributed by atoms with Crippen LogP contribution in [0.3, 0.4) is 0 Å². The van der Waals surface area contributed by atoms with Crippen LogP contribution in [-0.4, -0.2) is 25.9 Å². The summed E-state index contributed by atoms with van der Waals surface area (Å²) < 4.78 is 6.25. The van der Waals surface area contributed by atoms with Crippen LogP contribution in [0.1, 0.15) is 35.4 Å². The molecule has 0 saturated carbocycles. The van der Waals surface area contributed by atoms with Gasteiger partial charge in [0.15, 0.2) is 0 Å². The second-order valence-corrected chi connectivity index (χ2v) is 6.64. The molecule has 0 radical (unpaired) electrons. The number of pyridine rings is 1. The molecule has 2 aromatic carbocycles. The van der Waals surface area contributed by atoms with Crippen molar-refractivity contribution in [3.63, 3.8) is 0 Å². The van der Waals surface area contributed by atoms with Gasteiger partial charge in [0.2, 0.25) is 6.23 Å². The molecular weight excluding hydrogens is 342 g/mol. The summed E-state index contributed by atoms with van der Waals surface area (Å²) >= 11 is 0. The third kappa shape index (κ3) is 2.57. The van der Waals surface area contributed by atoms with Crippen LogP contribution < -0.4 is 4.74 Å². The molecule has 3 aromatic rings. The lowest BCUT2D eigenvalue weighted by atomic mass is 9.95. The van der Waals surface area contributed by atoms with E-state index in [2.05, 4.69) is 4.98 Å². The number of ether oxygens (including phenoxy) is 1. The Balaban J connectivity index is 1.62. The smallest absolute Gasteiger partial charge is 0.213 e. The summed E-state index contributed by atoms with van der Waals surface area (Å²) in [7, 11) is 0. The fraction of sp³-hybridized carbons (Fsp3) is 0.143. The SMILES string of the molecule is Oc1ccc(O)c(C2=NN3C(C2)c2ccccc2OC3c2ccncc2)c1. The predicted octanol–water partition coefficient (Wildman–Crippen LogP) is 3.74. The van der Waals surface area contributed by atoms with E-state index in [0.29, 0.717) is 17.7 Å². The van der Waals surface area contributed by atoms with Crippen molar-refractivity contribution in [2.45, 2.75) is 18.7 Å². The van der Waals surface area contributed by atoms with Crippen LogP contribution in [0.15, 0.2) is 72.1 Å². The van der Waals surface area contributed by atoms with Crippen molar-refractivity contribution in [1.29, 1.82) is 0 Å². The average Bonchev–Trinajstić information content (AvgIpc) is 3.15. The van der Waals surface area contributed by atoms with E-state index in [1.807, 2.05) is 41.4 Å². The number of nitrogens with zero attached hydrogens (tertiary/aromatic N) is 3. The third-order valence-electron chi connectivity index (χ3n) is 4.98. The van der Waals surface area contributed by atoms with Crippen molar-refractivity contribution in [2.24, 2.45) is 5.10 Å². The summed E-state index contributed by atoms with van der Waals surface area (Å²) in [5.74, 6) is 1.02. The maximum Gasteiger partial charge on any atom is 0.213 e. The van der Waals surface area contributed by atoms with E-state index in [4.69, 9.17) is 9.84 Å². The minimum absolute atomic E-state index is 0.00938. The number of fused-ring (bicyclic) bond motifs is 3. The number of phenolic OH excluding ortho intramolecular Hbond substituents is 2. The van der Waals surface area contributed by atoms with E-state index in [-0.39, 0.29) is 23.8 Å². The Bertz CT molecular complexity index is 1040. The Morgan fingerprint density at radius 1 is 1.00 bits per heavy atom.